The standard InChI is InChI=1S/C66H118N4O13/c1-55-25-21-26-56(2)59(55)28-15-11-7-9-14-18-32-64(74)70-61(30-19-20-36-67-62(72)31-17-13-10-8-12-16-29-60-57(3)27-22-35-66(60,5)6)65(75)69-38-24-40-77-44-48-80-47-43-76-39-23-37-68-63(73)34-42-79-46-50-82-52-54-83-53-51-81-49-45-78-41-33-58(4)71/h61H,1,7-54H2,2-6H3,(H,67,72)(H,68,73)(H,69,75)(H,70,74)/t61-/m0/s1. The van der Waals surface area contributed by atoms with E-state index in [1.165, 1.54) is 93.8 Å². The van der Waals surface area contributed by atoms with Crippen LogP contribution in [0.3, 0.4) is 0 Å². The number of hydrogen-bond donors (Lipinski definition) is 4. The van der Waals surface area contributed by atoms with E-state index in [0.717, 1.165) is 57.8 Å². The van der Waals surface area contributed by atoms with Crippen LogP contribution in [-0.4, -0.2) is 161 Å². The maximum Gasteiger partial charge on any atom is 0.242 e. The molecule has 0 saturated heterocycles. The van der Waals surface area contributed by atoms with Gasteiger partial charge in [0.2, 0.25) is 23.6 Å². The second-order valence-electron chi connectivity index (χ2n) is 23.4. The highest BCUT2D eigenvalue weighted by Crippen LogP contribution is 2.42. The molecule has 0 radical (unpaired) electrons. The predicted molar refractivity (Wildman–Crippen MR) is 330 cm³/mol. The summed E-state index contributed by atoms with van der Waals surface area (Å²) in [5.74, 6) is -0.150. The molecule has 0 aromatic heterocycles. The van der Waals surface area contributed by atoms with Gasteiger partial charge < -0.3 is 59.2 Å². The van der Waals surface area contributed by atoms with Crippen molar-refractivity contribution in [1.82, 2.24) is 21.3 Å². The van der Waals surface area contributed by atoms with Gasteiger partial charge >= 0.3 is 0 Å². The van der Waals surface area contributed by atoms with Gasteiger partial charge in [-0.15, -0.1) is 0 Å². The number of nitrogens with one attached hydrogen (secondary N) is 4. The van der Waals surface area contributed by atoms with Gasteiger partial charge in [0, 0.05) is 58.5 Å². The molecule has 0 heterocycles. The van der Waals surface area contributed by atoms with Crippen molar-refractivity contribution in [3.05, 3.63) is 34.4 Å². The molecular weight excluding hydrogens is 1060 g/mol. The average molecular weight is 1180 g/mol. The summed E-state index contributed by atoms with van der Waals surface area (Å²) in [6.45, 7) is 23.7. The van der Waals surface area contributed by atoms with Gasteiger partial charge in [0.05, 0.1) is 92.5 Å². The highest BCUT2D eigenvalue weighted by molar-refractivity contribution is 5.87. The van der Waals surface area contributed by atoms with Gasteiger partial charge in [-0.1, -0.05) is 94.1 Å². The summed E-state index contributed by atoms with van der Waals surface area (Å²) in [6, 6.07) is -0.626. The average Bonchev–Trinajstić information content (AvgIpc) is 3.64. The number of ketones is 1. The van der Waals surface area contributed by atoms with Gasteiger partial charge in [-0.3, -0.25) is 24.0 Å². The summed E-state index contributed by atoms with van der Waals surface area (Å²) in [4.78, 5) is 62.1. The first-order valence-electron chi connectivity index (χ1n) is 32.6. The molecule has 2 aliphatic carbocycles. The smallest absolute Gasteiger partial charge is 0.242 e. The van der Waals surface area contributed by atoms with Gasteiger partial charge in [-0.2, -0.15) is 0 Å². The zero-order valence-electron chi connectivity index (χ0n) is 53.0. The molecular formula is C66H118N4O13. The predicted octanol–water partition coefficient (Wildman–Crippen LogP) is 11.1. The first-order valence-corrected chi connectivity index (χ1v) is 32.6. The second kappa shape index (κ2) is 51.7. The number of amides is 4. The minimum Gasteiger partial charge on any atom is -0.379 e. The molecule has 0 aliphatic heterocycles. The Bertz CT molecular complexity index is 1810. The molecule has 17 heteroatoms. The highest BCUT2D eigenvalue weighted by atomic mass is 16.6. The number of rotatable bonds is 57. The molecule has 0 saturated carbocycles. The van der Waals surface area contributed by atoms with E-state index in [-0.39, 0.29) is 35.8 Å². The SMILES string of the molecule is C=C1CCCC(C)=C1CCCCCCCCC(=O)N[C@@H](CCCCNC(=O)CCCCCCCCC1=C(C)CCCC1(C)C)C(=O)NCCCOCCOCCOCCCNC(=O)CCOCCOCCOCCOCCOCCC(C)=O. The Kier molecular flexibility index (Phi) is 47.0. The van der Waals surface area contributed by atoms with Crippen molar-refractivity contribution in [2.75, 3.05) is 125 Å². The summed E-state index contributed by atoms with van der Waals surface area (Å²) in [6.07, 6.45) is 28.1. The minimum absolute atomic E-state index is 0.0741. The second-order valence-corrected chi connectivity index (χ2v) is 23.4. The first-order chi connectivity index (χ1) is 40.3. The van der Waals surface area contributed by atoms with Crippen LogP contribution in [0.15, 0.2) is 34.4 Å². The van der Waals surface area contributed by atoms with Crippen LogP contribution >= 0.6 is 0 Å². The van der Waals surface area contributed by atoms with Crippen molar-refractivity contribution in [3.63, 3.8) is 0 Å². The van der Waals surface area contributed by atoms with Crippen molar-refractivity contribution < 1.29 is 61.9 Å². The number of ether oxygens (including phenoxy) is 8. The van der Waals surface area contributed by atoms with E-state index in [2.05, 4.69) is 55.5 Å². The number of hydrogen-bond acceptors (Lipinski definition) is 13. The van der Waals surface area contributed by atoms with E-state index < -0.39 is 6.04 Å². The summed E-state index contributed by atoms with van der Waals surface area (Å²) in [5.41, 5.74) is 8.04. The number of carbonyl (C=O) groups excluding carboxylic acids is 5. The fourth-order valence-corrected chi connectivity index (χ4v) is 10.6. The molecule has 2 aliphatic rings. The third kappa shape index (κ3) is 42.8. The molecule has 0 aromatic rings. The third-order valence-corrected chi connectivity index (χ3v) is 15.6. The van der Waals surface area contributed by atoms with Crippen molar-refractivity contribution in [1.29, 1.82) is 0 Å². The molecule has 0 bridgehead atoms. The minimum atomic E-state index is -0.626. The summed E-state index contributed by atoms with van der Waals surface area (Å²) >= 11 is 0. The van der Waals surface area contributed by atoms with E-state index in [0.29, 0.717) is 176 Å². The van der Waals surface area contributed by atoms with E-state index in [1.54, 1.807) is 18.1 Å². The third-order valence-electron chi connectivity index (χ3n) is 15.6. The maximum absolute atomic E-state index is 13.4. The number of unbranched alkanes of at least 4 members (excludes halogenated alkanes) is 11. The van der Waals surface area contributed by atoms with Crippen molar-refractivity contribution in [3.8, 4) is 0 Å². The molecule has 480 valence electrons. The molecule has 1 atom stereocenters. The Morgan fingerprint density at radius 2 is 0.880 bits per heavy atom. The Morgan fingerprint density at radius 1 is 0.446 bits per heavy atom. The molecule has 4 N–H and O–H groups in total. The quantitative estimate of drug-likeness (QED) is 0.0331. The van der Waals surface area contributed by atoms with Crippen molar-refractivity contribution >= 4 is 29.4 Å². The van der Waals surface area contributed by atoms with E-state index >= 15 is 0 Å². The lowest BCUT2D eigenvalue weighted by atomic mass is 9.71. The Labute approximate surface area is 502 Å². The Hall–Kier alpha value is -3.55. The lowest BCUT2D eigenvalue weighted by molar-refractivity contribution is -0.129. The Morgan fingerprint density at radius 3 is 1.41 bits per heavy atom. The van der Waals surface area contributed by atoms with Crippen LogP contribution in [0.2, 0.25) is 0 Å². The fraction of sp³-hybridized carbons (Fsp3) is 0.833. The zero-order chi connectivity index (χ0) is 60.3. The van der Waals surface area contributed by atoms with E-state index in [4.69, 9.17) is 37.9 Å². The number of Topliss-reactive ketones (excluding diaryl/α,β-unsaturated/α-hetero) is 1. The van der Waals surface area contributed by atoms with E-state index in [1.807, 2.05) is 0 Å². The number of carbonyl (C=O) groups is 5. The largest absolute Gasteiger partial charge is 0.379 e. The van der Waals surface area contributed by atoms with Gasteiger partial charge in [0.15, 0.2) is 0 Å². The van der Waals surface area contributed by atoms with Crippen LogP contribution in [0.4, 0.5) is 0 Å². The zero-order valence-corrected chi connectivity index (χ0v) is 53.0. The van der Waals surface area contributed by atoms with Crippen LogP contribution in [0.5, 0.6) is 0 Å². The summed E-state index contributed by atoms with van der Waals surface area (Å²) in [7, 11) is 0. The van der Waals surface area contributed by atoms with Crippen LogP contribution in [-0.2, 0) is 61.9 Å². The summed E-state index contributed by atoms with van der Waals surface area (Å²) < 4.78 is 44.1. The van der Waals surface area contributed by atoms with Crippen molar-refractivity contribution in [2.45, 2.75) is 227 Å². The molecule has 83 heavy (non-hydrogen) atoms. The van der Waals surface area contributed by atoms with Gasteiger partial charge in [-0.25, -0.2) is 0 Å². The highest BCUT2D eigenvalue weighted by Gasteiger charge is 2.27. The summed E-state index contributed by atoms with van der Waals surface area (Å²) in [5, 5.41) is 12.0. The topological polar surface area (TPSA) is 207 Å². The molecule has 4 amide bonds. The molecule has 0 unspecified atom stereocenters. The fourth-order valence-electron chi connectivity index (χ4n) is 10.6. The van der Waals surface area contributed by atoms with Crippen LogP contribution in [0.1, 0.15) is 221 Å². The van der Waals surface area contributed by atoms with Gasteiger partial charge in [0.25, 0.3) is 0 Å². The number of allylic oxidation sites excluding steroid dienone is 5. The van der Waals surface area contributed by atoms with Crippen LogP contribution < -0.4 is 21.3 Å². The molecule has 0 fully saturated rings. The first kappa shape index (κ1) is 75.5. The maximum atomic E-state index is 13.4. The van der Waals surface area contributed by atoms with Gasteiger partial charge in [0.1, 0.15) is 11.8 Å². The molecule has 2 rings (SSSR count). The lowest BCUT2D eigenvalue weighted by Gasteiger charge is -2.34. The molecule has 0 spiro atoms. The monoisotopic (exact) mass is 1170 g/mol. The lowest BCUT2D eigenvalue weighted by Crippen LogP contribution is -2.47. The van der Waals surface area contributed by atoms with Crippen LogP contribution in [0, 0.1) is 5.41 Å². The normalized spacial score (nSPS) is 14.7. The van der Waals surface area contributed by atoms with E-state index in [9.17, 15) is 24.0 Å². The van der Waals surface area contributed by atoms with Crippen LogP contribution in [0.25, 0.3) is 0 Å². The van der Waals surface area contributed by atoms with Crippen molar-refractivity contribution in [2.24, 2.45) is 5.41 Å². The molecule has 17 nitrogen and oxygen atoms in total. The van der Waals surface area contributed by atoms with Gasteiger partial charge in [-0.05, 0) is 141 Å². The molecule has 0 aromatic carbocycles. The Balaban J connectivity index is 1.50.